The Bertz CT molecular complexity index is 508. The molecule has 1 aromatic carbocycles. The molecule has 0 aliphatic heterocycles. The molecule has 0 heterocycles. The Hall–Kier alpha value is -1.69. The van der Waals surface area contributed by atoms with E-state index in [0.29, 0.717) is 18.2 Å². The van der Waals surface area contributed by atoms with Gasteiger partial charge in [0.25, 0.3) is 0 Å². The van der Waals surface area contributed by atoms with E-state index < -0.39 is 5.82 Å². The third kappa shape index (κ3) is 3.66. The van der Waals surface area contributed by atoms with Crippen molar-refractivity contribution in [2.45, 2.75) is 44.4 Å². The average molecular weight is 275 g/mol. The molecule has 0 radical (unpaired) electrons. The molecule has 0 bridgehead atoms. The van der Waals surface area contributed by atoms with Crippen LogP contribution in [0.15, 0.2) is 30.6 Å². The fourth-order valence-electron chi connectivity index (χ4n) is 3.06. The number of nitrogens with zero attached hydrogens (tertiary/aromatic N) is 1. The molecule has 1 aromatic rings. The van der Waals surface area contributed by atoms with E-state index in [1.165, 1.54) is 6.07 Å². The molecule has 1 aliphatic carbocycles. The number of allylic oxidation sites excluding steroid dienone is 1. The molecular formula is C17H19F2N. The summed E-state index contributed by atoms with van der Waals surface area (Å²) in [6.07, 6.45) is 8.36. The topological polar surface area (TPSA) is 23.8 Å². The van der Waals surface area contributed by atoms with Gasteiger partial charge in [0, 0.05) is 0 Å². The summed E-state index contributed by atoms with van der Waals surface area (Å²) >= 11 is 0. The van der Waals surface area contributed by atoms with Gasteiger partial charge >= 0.3 is 0 Å². The number of rotatable bonds is 4. The summed E-state index contributed by atoms with van der Waals surface area (Å²) in [6.45, 7) is 0. The highest BCUT2D eigenvalue weighted by Gasteiger charge is 2.22. The van der Waals surface area contributed by atoms with Crippen molar-refractivity contribution < 1.29 is 8.78 Å². The minimum absolute atomic E-state index is 0.112. The molecule has 106 valence electrons. The molecule has 3 heteroatoms. The third-order valence-corrected chi connectivity index (χ3v) is 4.26. The van der Waals surface area contributed by atoms with Gasteiger partial charge in [0.05, 0.1) is 11.9 Å². The molecule has 0 saturated heterocycles. The molecule has 1 saturated carbocycles. The molecule has 0 unspecified atom stereocenters. The van der Waals surface area contributed by atoms with E-state index in [-0.39, 0.29) is 5.56 Å². The Labute approximate surface area is 118 Å². The maximum Gasteiger partial charge on any atom is 0.141 e. The number of nitriles is 1. The van der Waals surface area contributed by atoms with E-state index in [4.69, 9.17) is 5.26 Å². The van der Waals surface area contributed by atoms with Crippen LogP contribution in [0, 0.1) is 23.1 Å². The number of halogens is 2. The number of hydrogen-bond acceptors (Lipinski definition) is 1. The minimum Gasteiger partial charge on any atom is -0.216 e. The lowest BCUT2D eigenvalue weighted by Crippen LogP contribution is -2.13. The molecule has 2 rings (SSSR count). The average Bonchev–Trinajstić information content (AvgIpc) is 2.48. The zero-order valence-electron chi connectivity index (χ0n) is 11.5. The van der Waals surface area contributed by atoms with Crippen LogP contribution in [0.2, 0.25) is 0 Å². The normalized spacial score (nSPS) is 22.9. The van der Waals surface area contributed by atoms with Gasteiger partial charge in [0.2, 0.25) is 0 Å². The molecule has 0 N–H and O–H groups in total. The zero-order chi connectivity index (χ0) is 14.4. The number of hydrogen-bond donors (Lipinski definition) is 0. The van der Waals surface area contributed by atoms with Crippen LogP contribution < -0.4 is 0 Å². The summed E-state index contributed by atoms with van der Waals surface area (Å²) in [5.41, 5.74) is 1.11. The first kappa shape index (κ1) is 14.7. The summed E-state index contributed by atoms with van der Waals surface area (Å²) in [5.74, 6) is 0.635. The van der Waals surface area contributed by atoms with Gasteiger partial charge in [-0.1, -0.05) is 12.1 Å². The Balaban J connectivity index is 1.90. The summed E-state index contributed by atoms with van der Waals surface area (Å²) < 4.78 is 25.5. The van der Waals surface area contributed by atoms with Crippen molar-refractivity contribution in [1.29, 1.82) is 5.26 Å². The van der Waals surface area contributed by atoms with E-state index in [1.54, 1.807) is 12.1 Å². The monoisotopic (exact) mass is 275 g/mol. The smallest absolute Gasteiger partial charge is 0.141 e. The first-order chi connectivity index (χ1) is 9.74. The van der Waals surface area contributed by atoms with Gasteiger partial charge in [-0.05, 0) is 68.1 Å². The van der Waals surface area contributed by atoms with E-state index >= 15 is 0 Å². The van der Waals surface area contributed by atoms with Crippen LogP contribution in [0.1, 0.15) is 55.6 Å². The first-order valence-electron chi connectivity index (χ1n) is 7.19. The van der Waals surface area contributed by atoms with Crippen molar-refractivity contribution in [3.8, 4) is 6.07 Å². The summed E-state index contributed by atoms with van der Waals surface area (Å²) in [4.78, 5) is 0. The van der Waals surface area contributed by atoms with Crippen LogP contribution in [0.25, 0.3) is 0 Å². The van der Waals surface area contributed by atoms with Gasteiger partial charge in [-0.25, -0.2) is 8.78 Å². The molecule has 20 heavy (non-hydrogen) atoms. The number of benzene rings is 1. The quantitative estimate of drug-likeness (QED) is 0.737. The summed E-state index contributed by atoms with van der Waals surface area (Å²) in [5, 5.41) is 8.73. The second-order valence-electron chi connectivity index (χ2n) is 5.51. The minimum atomic E-state index is -0.416. The van der Waals surface area contributed by atoms with E-state index in [0.717, 1.165) is 44.1 Å². The molecule has 0 atom stereocenters. The van der Waals surface area contributed by atoms with Gasteiger partial charge in [-0.15, -0.1) is 0 Å². The predicted octanol–water partition coefficient (Wildman–Crippen LogP) is 5.23. The van der Waals surface area contributed by atoms with Crippen LogP contribution in [-0.4, -0.2) is 0 Å². The fourth-order valence-corrected chi connectivity index (χ4v) is 3.06. The van der Waals surface area contributed by atoms with Crippen LogP contribution in [0.4, 0.5) is 8.78 Å². The van der Waals surface area contributed by atoms with Gasteiger partial charge in [0.15, 0.2) is 0 Å². The SMILES string of the molecule is N#Cc1ccc([C@H]2CC[C@H](CC/C=C/F)CC2)cc1F. The highest BCUT2D eigenvalue weighted by atomic mass is 19.1. The molecule has 0 amide bonds. The second kappa shape index (κ2) is 7.19. The molecule has 1 fully saturated rings. The highest BCUT2D eigenvalue weighted by Crippen LogP contribution is 2.37. The first-order valence-corrected chi connectivity index (χ1v) is 7.19. The van der Waals surface area contributed by atoms with Crippen LogP contribution in [-0.2, 0) is 0 Å². The lowest BCUT2D eigenvalue weighted by Gasteiger charge is -2.28. The molecule has 1 aliphatic rings. The Morgan fingerprint density at radius 3 is 2.60 bits per heavy atom. The Kier molecular flexibility index (Phi) is 5.29. The van der Waals surface area contributed by atoms with Crippen molar-refractivity contribution >= 4 is 0 Å². The fraction of sp³-hybridized carbons (Fsp3) is 0.471. The molecule has 0 aromatic heterocycles. The molecular weight excluding hydrogens is 256 g/mol. The predicted molar refractivity (Wildman–Crippen MR) is 75.3 cm³/mol. The summed E-state index contributed by atoms with van der Waals surface area (Å²) in [7, 11) is 0. The van der Waals surface area contributed by atoms with E-state index in [2.05, 4.69) is 0 Å². The standard InChI is InChI=1S/C17H19F2N/c18-10-2-1-3-13-4-6-14(7-5-13)15-8-9-16(12-20)17(19)11-15/h2,8-11,13-14H,1,3-7H2/b10-2+/t13-,14-. The van der Waals surface area contributed by atoms with Crippen molar-refractivity contribution in [3.05, 3.63) is 47.5 Å². The van der Waals surface area contributed by atoms with Crippen LogP contribution in [0.5, 0.6) is 0 Å². The van der Waals surface area contributed by atoms with Crippen molar-refractivity contribution in [2.24, 2.45) is 5.92 Å². The highest BCUT2D eigenvalue weighted by molar-refractivity contribution is 5.34. The lowest BCUT2D eigenvalue weighted by molar-refractivity contribution is 0.311. The van der Waals surface area contributed by atoms with Crippen LogP contribution >= 0.6 is 0 Å². The molecule has 0 spiro atoms. The third-order valence-electron chi connectivity index (χ3n) is 4.26. The van der Waals surface area contributed by atoms with E-state index in [9.17, 15) is 8.78 Å². The Morgan fingerprint density at radius 1 is 1.25 bits per heavy atom. The zero-order valence-corrected chi connectivity index (χ0v) is 11.5. The molecule has 1 nitrogen and oxygen atoms in total. The second-order valence-corrected chi connectivity index (χ2v) is 5.51. The van der Waals surface area contributed by atoms with Crippen molar-refractivity contribution in [3.63, 3.8) is 0 Å². The van der Waals surface area contributed by atoms with E-state index in [1.807, 2.05) is 12.1 Å². The Morgan fingerprint density at radius 2 is 2.00 bits per heavy atom. The maximum absolute atomic E-state index is 13.6. The van der Waals surface area contributed by atoms with Gasteiger partial charge in [-0.2, -0.15) is 5.26 Å². The van der Waals surface area contributed by atoms with Crippen LogP contribution in [0.3, 0.4) is 0 Å². The van der Waals surface area contributed by atoms with Gasteiger partial charge in [-0.3, -0.25) is 0 Å². The summed E-state index contributed by atoms with van der Waals surface area (Å²) in [6, 6.07) is 6.80. The van der Waals surface area contributed by atoms with Crippen molar-refractivity contribution in [2.75, 3.05) is 0 Å². The van der Waals surface area contributed by atoms with Crippen molar-refractivity contribution in [1.82, 2.24) is 0 Å². The van der Waals surface area contributed by atoms with Gasteiger partial charge in [0.1, 0.15) is 11.9 Å². The lowest BCUT2D eigenvalue weighted by atomic mass is 9.77. The largest absolute Gasteiger partial charge is 0.216 e. The maximum atomic E-state index is 13.6. The van der Waals surface area contributed by atoms with Gasteiger partial charge < -0.3 is 0 Å².